The zero-order chi connectivity index (χ0) is 16.8. The van der Waals surface area contributed by atoms with Gasteiger partial charge in [0.1, 0.15) is 0 Å². The summed E-state index contributed by atoms with van der Waals surface area (Å²) in [6.45, 7) is 5.51. The molecule has 3 rings (SSSR count). The third kappa shape index (κ3) is 4.68. The number of amides is 1. The van der Waals surface area contributed by atoms with E-state index in [1.807, 2.05) is 6.07 Å². The second kappa shape index (κ2) is 8.45. The Morgan fingerprint density at radius 2 is 2.08 bits per heavy atom. The smallest absolute Gasteiger partial charge is 0.227 e. The Hall–Kier alpha value is -1.65. The van der Waals surface area contributed by atoms with Crippen molar-refractivity contribution >= 4 is 17.2 Å². The highest BCUT2D eigenvalue weighted by atomic mass is 32.1. The van der Waals surface area contributed by atoms with Crippen molar-refractivity contribution in [2.45, 2.75) is 32.7 Å². The minimum absolute atomic E-state index is 0.135. The third-order valence-electron chi connectivity index (χ3n) is 4.61. The average Bonchev–Trinajstić information content (AvgIpc) is 3.04. The fourth-order valence-electron chi connectivity index (χ4n) is 3.25. The van der Waals surface area contributed by atoms with Gasteiger partial charge in [-0.3, -0.25) is 4.79 Å². The normalized spacial score (nSPS) is 17.6. The Labute approximate surface area is 148 Å². The van der Waals surface area contributed by atoms with E-state index in [4.69, 9.17) is 0 Å². The minimum Gasteiger partial charge on any atom is -0.337 e. The molecule has 1 unspecified atom stereocenters. The molecule has 1 atom stereocenters. The van der Waals surface area contributed by atoms with Crippen molar-refractivity contribution in [3.63, 3.8) is 0 Å². The molecule has 0 radical (unpaired) electrons. The second-order valence-electron chi connectivity index (χ2n) is 6.55. The summed E-state index contributed by atoms with van der Waals surface area (Å²) in [7, 11) is 0. The summed E-state index contributed by atoms with van der Waals surface area (Å²) < 4.78 is 0. The SMILES string of the molecule is Cc1ccc(CN(CCc2ccccc2)C(=O)C2CCCNC2)s1. The number of hydrogen-bond donors (Lipinski definition) is 1. The molecule has 3 nitrogen and oxygen atoms in total. The molecule has 0 saturated carbocycles. The number of thiophene rings is 1. The van der Waals surface area contributed by atoms with Gasteiger partial charge in [-0.15, -0.1) is 11.3 Å². The van der Waals surface area contributed by atoms with E-state index in [2.05, 4.69) is 53.5 Å². The number of rotatable bonds is 6. The fourth-order valence-corrected chi connectivity index (χ4v) is 4.16. The molecule has 0 spiro atoms. The number of hydrogen-bond acceptors (Lipinski definition) is 3. The lowest BCUT2D eigenvalue weighted by Gasteiger charge is -2.29. The number of carbonyl (C=O) groups is 1. The average molecular weight is 343 g/mol. The molecule has 1 aliphatic rings. The van der Waals surface area contributed by atoms with Crippen LogP contribution in [0.3, 0.4) is 0 Å². The zero-order valence-electron chi connectivity index (χ0n) is 14.3. The Balaban J connectivity index is 1.68. The second-order valence-corrected chi connectivity index (χ2v) is 7.92. The van der Waals surface area contributed by atoms with Crippen LogP contribution in [0.4, 0.5) is 0 Å². The monoisotopic (exact) mass is 342 g/mol. The molecule has 2 aromatic rings. The summed E-state index contributed by atoms with van der Waals surface area (Å²) in [5.74, 6) is 0.444. The molecule has 1 aromatic heterocycles. The molecule has 24 heavy (non-hydrogen) atoms. The van der Waals surface area contributed by atoms with Crippen LogP contribution in [-0.4, -0.2) is 30.4 Å². The van der Waals surface area contributed by atoms with Gasteiger partial charge in [0.15, 0.2) is 0 Å². The van der Waals surface area contributed by atoms with E-state index < -0.39 is 0 Å². The van der Waals surface area contributed by atoms with Crippen molar-refractivity contribution in [3.05, 3.63) is 57.8 Å². The van der Waals surface area contributed by atoms with Crippen LogP contribution in [-0.2, 0) is 17.8 Å². The van der Waals surface area contributed by atoms with Crippen molar-refractivity contribution in [2.75, 3.05) is 19.6 Å². The van der Waals surface area contributed by atoms with Crippen molar-refractivity contribution in [1.82, 2.24) is 10.2 Å². The molecule has 1 N–H and O–H groups in total. The lowest BCUT2D eigenvalue weighted by Crippen LogP contribution is -2.43. The molecule has 2 heterocycles. The predicted octanol–water partition coefficient (Wildman–Crippen LogP) is 3.63. The van der Waals surface area contributed by atoms with Crippen LogP contribution < -0.4 is 5.32 Å². The van der Waals surface area contributed by atoms with Crippen molar-refractivity contribution in [2.24, 2.45) is 5.92 Å². The van der Waals surface area contributed by atoms with E-state index >= 15 is 0 Å². The van der Waals surface area contributed by atoms with E-state index in [0.29, 0.717) is 5.91 Å². The fraction of sp³-hybridized carbons (Fsp3) is 0.450. The van der Waals surface area contributed by atoms with Crippen LogP contribution in [0.2, 0.25) is 0 Å². The van der Waals surface area contributed by atoms with Crippen LogP contribution in [0.15, 0.2) is 42.5 Å². The lowest BCUT2D eigenvalue weighted by atomic mass is 9.97. The molecular weight excluding hydrogens is 316 g/mol. The van der Waals surface area contributed by atoms with Gasteiger partial charge in [-0.25, -0.2) is 0 Å². The van der Waals surface area contributed by atoms with Gasteiger partial charge in [0, 0.05) is 22.8 Å². The summed E-state index contributed by atoms with van der Waals surface area (Å²) in [5.41, 5.74) is 1.29. The van der Waals surface area contributed by atoms with Gasteiger partial charge in [0.2, 0.25) is 5.91 Å². The maximum atomic E-state index is 13.0. The molecule has 0 aliphatic carbocycles. The highest BCUT2D eigenvalue weighted by molar-refractivity contribution is 7.11. The van der Waals surface area contributed by atoms with E-state index in [9.17, 15) is 4.79 Å². The number of piperidine rings is 1. The summed E-state index contributed by atoms with van der Waals surface area (Å²) in [6, 6.07) is 14.7. The van der Waals surface area contributed by atoms with Crippen molar-refractivity contribution < 1.29 is 4.79 Å². The molecule has 1 aromatic carbocycles. The highest BCUT2D eigenvalue weighted by Gasteiger charge is 2.26. The van der Waals surface area contributed by atoms with E-state index in [1.165, 1.54) is 15.3 Å². The minimum atomic E-state index is 0.135. The third-order valence-corrected chi connectivity index (χ3v) is 5.60. The van der Waals surface area contributed by atoms with Crippen LogP contribution in [0.1, 0.15) is 28.2 Å². The molecule has 1 aliphatic heterocycles. The molecule has 1 saturated heterocycles. The summed E-state index contributed by atoms with van der Waals surface area (Å²) in [4.78, 5) is 17.7. The van der Waals surface area contributed by atoms with E-state index in [0.717, 1.165) is 45.4 Å². The van der Waals surface area contributed by atoms with Gasteiger partial charge in [0.05, 0.1) is 12.5 Å². The Morgan fingerprint density at radius 1 is 1.25 bits per heavy atom. The summed E-state index contributed by atoms with van der Waals surface area (Å²) >= 11 is 1.79. The van der Waals surface area contributed by atoms with Gasteiger partial charge in [-0.2, -0.15) is 0 Å². The first-order valence-corrected chi connectivity index (χ1v) is 9.63. The molecular formula is C20H26N2OS. The van der Waals surface area contributed by atoms with Gasteiger partial charge >= 0.3 is 0 Å². The number of aryl methyl sites for hydroxylation is 1. The van der Waals surface area contributed by atoms with Gasteiger partial charge in [-0.1, -0.05) is 30.3 Å². The Morgan fingerprint density at radius 3 is 2.75 bits per heavy atom. The van der Waals surface area contributed by atoms with Crippen LogP contribution in [0.25, 0.3) is 0 Å². The molecule has 1 fully saturated rings. The molecule has 4 heteroatoms. The van der Waals surface area contributed by atoms with Gasteiger partial charge in [0.25, 0.3) is 0 Å². The van der Waals surface area contributed by atoms with Crippen molar-refractivity contribution in [3.8, 4) is 0 Å². The summed E-state index contributed by atoms with van der Waals surface area (Å²) in [5, 5.41) is 3.37. The molecule has 0 bridgehead atoms. The topological polar surface area (TPSA) is 32.3 Å². The maximum Gasteiger partial charge on any atom is 0.227 e. The number of carbonyl (C=O) groups excluding carboxylic acids is 1. The summed E-state index contributed by atoms with van der Waals surface area (Å²) in [6.07, 6.45) is 3.02. The quantitative estimate of drug-likeness (QED) is 0.869. The maximum absolute atomic E-state index is 13.0. The van der Waals surface area contributed by atoms with Crippen LogP contribution in [0.5, 0.6) is 0 Å². The van der Waals surface area contributed by atoms with E-state index in [-0.39, 0.29) is 5.92 Å². The largest absolute Gasteiger partial charge is 0.337 e. The number of nitrogens with zero attached hydrogens (tertiary/aromatic N) is 1. The van der Waals surface area contributed by atoms with Gasteiger partial charge in [-0.05, 0) is 50.4 Å². The van der Waals surface area contributed by atoms with E-state index in [1.54, 1.807) is 11.3 Å². The Kier molecular flexibility index (Phi) is 6.05. The Bertz CT molecular complexity index is 647. The van der Waals surface area contributed by atoms with Crippen molar-refractivity contribution in [1.29, 1.82) is 0 Å². The zero-order valence-corrected chi connectivity index (χ0v) is 15.1. The standard InChI is InChI=1S/C20H26N2OS/c1-16-9-10-19(24-16)15-22(13-11-17-6-3-2-4-7-17)20(23)18-8-5-12-21-14-18/h2-4,6-7,9-10,18,21H,5,8,11-15H2,1H3. The molecule has 1 amide bonds. The lowest BCUT2D eigenvalue weighted by molar-refractivity contribution is -0.136. The number of benzene rings is 1. The predicted molar refractivity (Wildman–Crippen MR) is 100 cm³/mol. The number of nitrogens with one attached hydrogen (secondary N) is 1. The van der Waals surface area contributed by atoms with Crippen LogP contribution in [0, 0.1) is 12.8 Å². The highest BCUT2D eigenvalue weighted by Crippen LogP contribution is 2.20. The molecule has 128 valence electrons. The first kappa shape index (κ1) is 17.2. The van der Waals surface area contributed by atoms with Gasteiger partial charge < -0.3 is 10.2 Å². The first-order chi connectivity index (χ1) is 11.7. The van der Waals surface area contributed by atoms with Crippen LogP contribution >= 0.6 is 11.3 Å². The first-order valence-electron chi connectivity index (χ1n) is 8.81.